The van der Waals surface area contributed by atoms with Crippen molar-refractivity contribution in [1.29, 1.82) is 0 Å². The smallest absolute Gasteiger partial charge is 0.330 e. The number of rotatable bonds is 3. The average Bonchev–Trinajstić information content (AvgIpc) is 2.98. The minimum absolute atomic E-state index is 0.192. The Morgan fingerprint density at radius 2 is 1.88 bits per heavy atom. The van der Waals surface area contributed by atoms with Gasteiger partial charge in [-0.15, -0.1) is 0 Å². The van der Waals surface area contributed by atoms with Crippen LogP contribution in [0.4, 0.5) is 17.6 Å². The third-order valence-corrected chi connectivity index (χ3v) is 3.33. The van der Waals surface area contributed by atoms with Gasteiger partial charge in [-0.3, -0.25) is 0 Å². The zero-order valence-corrected chi connectivity index (χ0v) is 9.15. The van der Waals surface area contributed by atoms with Crippen molar-refractivity contribution in [2.45, 2.75) is 30.9 Å². The minimum Gasteiger partial charge on any atom is -0.330 e. The van der Waals surface area contributed by atoms with Crippen molar-refractivity contribution in [3.05, 3.63) is 35.1 Å². The summed E-state index contributed by atoms with van der Waals surface area (Å²) in [5.74, 6) is -0.857. The molecule has 1 aliphatic carbocycles. The first-order valence-corrected chi connectivity index (χ1v) is 5.46. The van der Waals surface area contributed by atoms with E-state index >= 15 is 0 Å². The standard InChI is InChI=1S/C12H13F4N/c13-8-1-2-9(10(7-8)12(14,15)16)11(3-4-11)5-6-17/h1-2,7H,3-6,17H2. The Kier molecular flexibility index (Phi) is 2.89. The molecule has 0 aliphatic heterocycles. The highest BCUT2D eigenvalue weighted by atomic mass is 19.4. The Hall–Kier alpha value is -1.10. The summed E-state index contributed by atoms with van der Waals surface area (Å²) in [5, 5.41) is 0. The molecule has 17 heavy (non-hydrogen) atoms. The topological polar surface area (TPSA) is 26.0 Å². The lowest BCUT2D eigenvalue weighted by atomic mass is 9.88. The van der Waals surface area contributed by atoms with Crippen LogP contribution in [0.2, 0.25) is 0 Å². The highest BCUT2D eigenvalue weighted by Gasteiger charge is 2.48. The van der Waals surface area contributed by atoms with E-state index in [1.54, 1.807) is 0 Å². The van der Waals surface area contributed by atoms with Gasteiger partial charge in [0.2, 0.25) is 0 Å². The number of hydrogen-bond acceptors (Lipinski definition) is 1. The minimum atomic E-state index is -4.51. The molecule has 2 rings (SSSR count). The van der Waals surface area contributed by atoms with Crippen LogP contribution in [-0.4, -0.2) is 6.54 Å². The Labute approximate surface area is 96.6 Å². The van der Waals surface area contributed by atoms with E-state index in [0.29, 0.717) is 31.9 Å². The Morgan fingerprint density at radius 3 is 2.35 bits per heavy atom. The molecule has 2 N–H and O–H groups in total. The Morgan fingerprint density at radius 1 is 1.24 bits per heavy atom. The van der Waals surface area contributed by atoms with Crippen LogP contribution in [0.15, 0.2) is 18.2 Å². The summed E-state index contributed by atoms with van der Waals surface area (Å²) >= 11 is 0. The molecule has 1 saturated carbocycles. The molecule has 1 nitrogen and oxygen atoms in total. The summed E-state index contributed by atoms with van der Waals surface area (Å²) in [7, 11) is 0. The van der Waals surface area contributed by atoms with Crippen LogP contribution in [0.25, 0.3) is 0 Å². The number of benzene rings is 1. The van der Waals surface area contributed by atoms with E-state index < -0.39 is 23.0 Å². The van der Waals surface area contributed by atoms with Gasteiger partial charge in [0.1, 0.15) is 5.82 Å². The van der Waals surface area contributed by atoms with Gasteiger partial charge in [-0.2, -0.15) is 13.2 Å². The highest BCUT2D eigenvalue weighted by molar-refractivity contribution is 5.40. The summed E-state index contributed by atoms with van der Waals surface area (Å²) in [6.45, 7) is 0.342. The van der Waals surface area contributed by atoms with Crippen molar-refractivity contribution >= 4 is 0 Å². The zero-order valence-electron chi connectivity index (χ0n) is 9.15. The van der Waals surface area contributed by atoms with Crippen LogP contribution in [0.5, 0.6) is 0 Å². The SMILES string of the molecule is NCCC1(c2ccc(F)cc2C(F)(F)F)CC1. The van der Waals surface area contributed by atoms with Crippen LogP contribution in [0, 0.1) is 5.82 Å². The summed E-state index contributed by atoms with van der Waals surface area (Å²) in [4.78, 5) is 0. The molecular weight excluding hydrogens is 234 g/mol. The summed E-state index contributed by atoms with van der Waals surface area (Å²) in [6.07, 6.45) is -2.61. The van der Waals surface area contributed by atoms with Crippen molar-refractivity contribution in [3.8, 4) is 0 Å². The Bertz CT molecular complexity index is 421. The van der Waals surface area contributed by atoms with Crippen LogP contribution >= 0.6 is 0 Å². The fourth-order valence-corrected chi connectivity index (χ4v) is 2.29. The van der Waals surface area contributed by atoms with Crippen molar-refractivity contribution in [1.82, 2.24) is 0 Å². The second-order valence-electron chi connectivity index (χ2n) is 4.51. The molecule has 0 bridgehead atoms. The van der Waals surface area contributed by atoms with Gasteiger partial charge in [0.25, 0.3) is 0 Å². The van der Waals surface area contributed by atoms with Gasteiger partial charge in [0, 0.05) is 0 Å². The lowest BCUT2D eigenvalue weighted by Crippen LogP contribution is -2.19. The summed E-state index contributed by atoms with van der Waals surface area (Å²) in [5.41, 5.74) is 4.28. The number of alkyl halides is 3. The molecule has 0 radical (unpaired) electrons. The quantitative estimate of drug-likeness (QED) is 0.815. The first kappa shape index (κ1) is 12.4. The summed E-state index contributed by atoms with van der Waals surface area (Å²) in [6, 6.07) is 2.91. The molecule has 1 aliphatic rings. The lowest BCUT2D eigenvalue weighted by Gasteiger charge is -2.20. The van der Waals surface area contributed by atoms with Gasteiger partial charge in [0.15, 0.2) is 0 Å². The number of hydrogen-bond donors (Lipinski definition) is 1. The van der Waals surface area contributed by atoms with E-state index in [2.05, 4.69) is 0 Å². The fraction of sp³-hybridized carbons (Fsp3) is 0.500. The van der Waals surface area contributed by atoms with E-state index in [1.807, 2.05) is 0 Å². The molecular formula is C12H13F4N. The molecule has 1 aromatic carbocycles. The van der Waals surface area contributed by atoms with E-state index in [1.165, 1.54) is 6.07 Å². The van der Waals surface area contributed by atoms with Gasteiger partial charge in [-0.05, 0) is 48.9 Å². The maximum atomic E-state index is 12.9. The molecule has 1 fully saturated rings. The van der Waals surface area contributed by atoms with E-state index in [4.69, 9.17) is 5.73 Å². The van der Waals surface area contributed by atoms with Gasteiger partial charge in [-0.25, -0.2) is 4.39 Å². The molecule has 0 heterocycles. The average molecular weight is 247 g/mol. The molecule has 0 saturated heterocycles. The van der Waals surface area contributed by atoms with Gasteiger partial charge >= 0.3 is 6.18 Å². The van der Waals surface area contributed by atoms with Crippen molar-refractivity contribution in [2.75, 3.05) is 6.54 Å². The third kappa shape index (κ3) is 2.29. The molecule has 94 valence electrons. The molecule has 1 aromatic rings. The van der Waals surface area contributed by atoms with Crippen LogP contribution < -0.4 is 5.73 Å². The van der Waals surface area contributed by atoms with Gasteiger partial charge in [-0.1, -0.05) is 6.07 Å². The van der Waals surface area contributed by atoms with Crippen molar-refractivity contribution in [2.24, 2.45) is 5.73 Å². The molecule has 5 heteroatoms. The zero-order chi connectivity index (χ0) is 12.7. The van der Waals surface area contributed by atoms with Gasteiger partial charge < -0.3 is 5.73 Å². The fourth-order valence-electron chi connectivity index (χ4n) is 2.29. The second-order valence-corrected chi connectivity index (χ2v) is 4.51. The molecule has 0 aromatic heterocycles. The second kappa shape index (κ2) is 3.98. The lowest BCUT2D eigenvalue weighted by molar-refractivity contribution is -0.138. The van der Waals surface area contributed by atoms with E-state index in [-0.39, 0.29) is 5.56 Å². The highest BCUT2D eigenvalue weighted by Crippen LogP contribution is 2.53. The normalized spacial score (nSPS) is 18.2. The molecule has 0 atom stereocenters. The molecule has 0 unspecified atom stereocenters. The van der Waals surface area contributed by atoms with Crippen molar-refractivity contribution in [3.63, 3.8) is 0 Å². The number of nitrogens with two attached hydrogens (primary N) is 1. The first-order chi connectivity index (χ1) is 7.89. The largest absolute Gasteiger partial charge is 0.416 e. The van der Waals surface area contributed by atoms with E-state index in [9.17, 15) is 17.6 Å². The van der Waals surface area contributed by atoms with E-state index in [0.717, 1.165) is 6.07 Å². The van der Waals surface area contributed by atoms with Crippen LogP contribution in [-0.2, 0) is 11.6 Å². The third-order valence-electron chi connectivity index (χ3n) is 3.33. The first-order valence-electron chi connectivity index (χ1n) is 5.46. The predicted octanol–water partition coefficient (Wildman–Crippen LogP) is 3.22. The maximum Gasteiger partial charge on any atom is 0.416 e. The molecule has 0 spiro atoms. The maximum absolute atomic E-state index is 12.9. The van der Waals surface area contributed by atoms with Gasteiger partial charge in [0.05, 0.1) is 5.56 Å². The van der Waals surface area contributed by atoms with Crippen LogP contribution in [0.3, 0.4) is 0 Å². The summed E-state index contributed by atoms with van der Waals surface area (Å²) < 4.78 is 51.4. The van der Waals surface area contributed by atoms with Crippen molar-refractivity contribution < 1.29 is 17.6 Å². The Balaban J connectivity index is 2.47. The monoisotopic (exact) mass is 247 g/mol. The predicted molar refractivity (Wildman–Crippen MR) is 56.0 cm³/mol. The van der Waals surface area contributed by atoms with Crippen LogP contribution in [0.1, 0.15) is 30.4 Å². The molecule has 0 amide bonds. The number of halogens is 4.